The van der Waals surface area contributed by atoms with E-state index in [2.05, 4.69) is 5.32 Å². The summed E-state index contributed by atoms with van der Waals surface area (Å²) in [7, 11) is 5.74. The lowest BCUT2D eigenvalue weighted by atomic mass is 9.89. The zero-order valence-corrected chi connectivity index (χ0v) is 7.81. The second kappa shape index (κ2) is 5.02. The average molecular weight is 175 g/mol. The Hall–Kier alpha value is -0.825. The van der Waals surface area contributed by atoms with E-state index >= 15 is 0 Å². The van der Waals surface area contributed by atoms with Crippen molar-refractivity contribution in [2.24, 2.45) is 5.92 Å². The van der Waals surface area contributed by atoms with Gasteiger partial charge in [-0.2, -0.15) is 0 Å². The lowest BCUT2D eigenvalue weighted by Crippen LogP contribution is -2.42. The summed E-state index contributed by atoms with van der Waals surface area (Å²) in [6.45, 7) is 2.01. The zero-order valence-electron chi connectivity index (χ0n) is 7.81. The number of carbonyl (C=O) groups is 1. The molecule has 2 radical (unpaired) electrons. The van der Waals surface area contributed by atoms with Gasteiger partial charge in [-0.1, -0.05) is 31.2 Å². The number of aldehydes is 1. The van der Waals surface area contributed by atoms with Crippen LogP contribution in [0, 0.1) is 5.92 Å². The largest absolute Gasteiger partial charge is 0.315 e. The van der Waals surface area contributed by atoms with Crippen molar-refractivity contribution in [3.63, 3.8) is 0 Å². The first-order chi connectivity index (χ1) is 6.27. The van der Waals surface area contributed by atoms with Crippen LogP contribution in [0.25, 0.3) is 0 Å². The summed E-state index contributed by atoms with van der Waals surface area (Å²) >= 11 is 0. The lowest BCUT2D eigenvalue weighted by Gasteiger charge is -2.24. The average Bonchev–Trinajstić information content (AvgIpc) is 2.18. The van der Waals surface area contributed by atoms with E-state index in [1.165, 1.54) is 0 Å². The highest BCUT2D eigenvalue weighted by Gasteiger charge is 2.18. The Morgan fingerprint density at radius 3 is 2.85 bits per heavy atom. The van der Waals surface area contributed by atoms with Gasteiger partial charge in [-0.15, -0.1) is 0 Å². The van der Waals surface area contributed by atoms with Gasteiger partial charge >= 0.3 is 0 Å². The minimum absolute atomic E-state index is 0.0383. The Bertz CT molecular complexity index is 225. The molecule has 1 aliphatic rings. The molecule has 3 unspecified atom stereocenters. The summed E-state index contributed by atoms with van der Waals surface area (Å²) in [6, 6.07) is 0.0532. The van der Waals surface area contributed by atoms with Crippen molar-refractivity contribution in [2.45, 2.75) is 25.3 Å². The normalized spacial score (nSPS) is 28.7. The number of hydrogen-bond donors (Lipinski definition) is 1. The highest BCUT2D eigenvalue weighted by Crippen LogP contribution is 2.10. The number of allylic oxidation sites excluding steroid dienone is 2. The Morgan fingerprint density at radius 1 is 1.54 bits per heavy atom. The van der Waals surface area contributed by atoms with Crippen LogP contribution in [0.2, 0.25) is 0 Å². The molecule has 0 heterocycles. The van der Waals surface area contributed by atoms with Crippen LogP contribution in [0.3, 0.4) is 0 Å². The molecule has 3 atom stereocenters. The molecule has 3 heteroatoms. The molecule has 0 amide bonds. The molecule has 0 aromatic rings. The summed E-state index contributed by atoms with van der Waals surface area (Å²) in [4.78, 5) is 10.7. The van der Waals surface area contributed by atoms with Crippen molar-refractivity contribution < 1.29 is 4.79 Å². The van der Waals surface area contributed by atoms with Crippen LogP contribution < -0.4 is 5.32 Å². The number of hydrogen-bond acceptors (Lipinski definition) is 2. The number of carbonyl (C=O) groups excluding carboxylic acids is 1. The summed E-state index contributed by atoms with van der Waals surface area (Å²) in [5, 5.41) is 3.18. The molecule has 0 saturated carbocycles. The van der Waals surface area contributed by atoms with Crippen molar-refractivity contribution in [3.8, 4) is 0 Å². The number of rotatable bonds is 4. The van der Waals surface area contributed by atoms with Crippen molar-refractivity contribution in [3.05, 3.63) is 24.3 Å². The van der Waals surface area contributed by atoms with Crippen LogP contribution in [0.15, 0.2) is 24.3 Å². The summed E-state index contributed by atoms with van der Waals surface area (Å²) in [5.41, 5.74) is 0. The SMILES string of the molecule is [B]C(CC)NC1C=CC=CC1C=O. The van der Waals surface area contributed by atoms with E-state index in [-0.39, 0.29) is 17.9 Å². The van der Waals surface area contributed by atoms with E-state index in [4.69, 9.17) is 7.85 Å². The third-order valence-electron chi connectivity index (χ3n) is 2.18. The van der Waals surface area contributed by atoms with Gasteiger partial charge in [-0.3, -0.25) is 0 Å². The third-order valence-corrected chi connectivity index (χ3v) is 2.18. The second-order valence-electron chi connectivity index (χ2n) is 3.19. The molecule has 0 saturated heterocycles. The molecular weight excluding hydrogens is 161 g/mol. The van der Waals surface area contributed by atoms with E-state index in [1.807, 2.05) is 31.2 Å². The van der Waals surface area contributed by atoms with Gasteiger partial charge in [0, 0.05) is 6.04 Å². The van der Waals surface area contributed by atoms with Crippen molar-refractivity contribution in [1.82, 2.24) is 5.32 Å². The molecule has 0 aliphatic heterocycles. The quantitative estimate of drug-likeness (QED) is 0.505. The van der Waals surface area contributed by atoms with E-state index in [0.717, 1.165) is 12.7 Å². The predicted octanol–water partition coefficient (Wildman–Crippen LogP) is 0.790. The first-order valence-electron chi connectivity index (χ1n) is 4.60. The first kappa shape index (κ1) is 10.3. The monoisotopic (exact) mass is 175 g/mol. The molecule has 0 fully saturated rings. The summed E-state index contributed by atoms with van der Waals surface area (Å²) in [6.07, 6.45) is 9.47. The highest BCUT2D eigenvalue weighted by molar-refractivity contribution is 6.11. The van der Waals surface area contributed by atoms with Crippen LogP contribution in [-0.4, -0.2) is 26.1 Å². The van der Waals surface area contributed by atoms with E-state index < -0.39 is 0 Å². The number of nitrogens with one attached hydrogen (secondary N) is 1. The second-order valence-corrected chi connectivity index (χ2v) is 3.19. The van der Waals surface area contributed by atoms with Gasteiger partial charge in [-0.25, -0.2) is 0 Å². The maximum atomic E-state index is 10.7. The lowest BCUT2D eigenvalue weighted by molar-refractivity contribution is -0.110. The van der Waals surface area contributed by atoms with Crippen LogP contribution in [0.4, 0.5) is 0 Å². The van der Waals surface area contributed by atoms with Crippen molar-refractivity contribution in [1.29, 1.82) is 0 Å². The molecule has 1 aliphatic carbocycles. The summed E-state index contributed by atoms with van der Waals surface area (Å²) < 4.78 is 0. The standard InChI is InChI=1S/C10H14BNO/c1-2-10(11)12-9-6-4-3-5-8(9)7-13/h3-10,12H,2H2,1H3. The minimum Gasteiger partial charge on any atom is -0.315 e. The maximum absolute atomic E-state index is 10.7. The van der Waals surface area contributed by atoms with Crippen LogP contribution in [0.5, 0.6) is 0 Å². The van der Waals surface area contributed by atoms with E-state index in [0.29, 0.717) is 0 Å². The minimum atomic E-state index is -0.0809. The molecule has 2 nitrogen and oxygen atoms in total. The molecule has 0 aromatic carbocycles. The molecule has 0 spiro atoms. The third kappa shape index (κ3) is 2.85. The van der Waals surface area contributed by atoms with Gasteiger partial charge in [0.05, 0.1) is 13.8 Å². The zero-order chi connectivity index (χ0) is 9.68. The predicted molar refractivity (Wildman–Crippen MR) is 54.6 cm³/mol. The van der Waals surface area contributed by atoms with Crippen molar-refractivity contribution >= 4 is 14.1 Å². The Labute approximate surface area is 80.5 Å². The Balaban J connectivity index is 2.52. The summed E-state index contributed by atoms with van der Waals surface area (Å²) in [5.74, 6) is -0.119. The fraction of sp³-hybridized carbons (Fsp3) is 0.500. The molecular formula is C10H14BNO. The molecule has 1 N–H and O–H groups in total. The van der Waals surface area contributed by atoms with E-state index in [9.17, 15) is 4.79 Å². The van der Waals surface area contributed by atoms with Gasteiger partial charge < -0.3 is 10.1 Å². The molecule has 1 rings (SSSR count). The maximum Gasteiger partial charge on any atom is 0.128 e. The van der Waals surface area contributed by atoms with Crippen LogP contribution in [-0.2, 0) is 4.79 Å². The van der Waals surface area contributed by atoms with E-state index in [1.54, 1.807) is 0 Å². The Morgan fingerprint density at radius 2 is 2.23 bits per heavy atom. The van der Waals surface area contributed by atoms with Gasteiger partial charge in [0.1, 0.15) is 6.29 Å². The first-order valence-corrected chi connectivity index (χ1v) is 4.60. The van der Waals surface area contributed by atoms with Gasteiger partial charge in [0.25, 0.3) is 0 Å². The molecule has 68 valence electrons. The fourth-order valence-electron chi connectivity index (χ4n) is 1.29. The smallest absolute Gasteiger partial charge is 0.128 e. The molecule has 0 bridgehead atoms. The van der Waals surface area contributed by atoms with Gasteiger partial charge in [0.2, 0.25) is 0 Å². The van der Waals surface area contributed by atoms with Crippen LogP contribution in [0.1, 0.15) is 13.3 Å². The highest BCUT2D eigenvalue weighted by atomic mass is 16.1. The van der Waals surface area contributed by atoms with Crippen LogP contribution >= 0.6 is 0 Å². The topological polar surface area (TPSA) is 29.1 Å². The molecule has 0 aromatic heterocycles. The Kier molecular flexibility index (Phi) is 3.96. The van der Waals surface area contributed by atoms with Gasteiger partial charge in [-0.05, 0) is 12.4 Å². The molecule has 13 heavy (non-hydrogen) atoms. The van der Waals surface area contributed by atoms with Gasteiger partial charge in [0.15, 0.2) is 0 Å². The van der Waals surface area contributed by atoms with Crippen molar-refractivity contribution in [2.75, 3.05) is 0 Å². The fourth-order valence-corrected chi connectivity index (χ4v) is 1.29.